The number of benzene rings is 1. The molecule has 1 aromatic rings. The molecule has 0 aliphatic carbocycles. The summed E-state index contributed by atoms with van der Waals surface area (Å²) in [6, 6.07) is 7.98. The Bertz CT molecular complexity index is 609. The molecule has 2 aliphatic rings. The molecule has 2 N–H and O–H groups in total. The fourth-order valence-electron chi connectivity index (χ4n) is 4.34. The standard InChI is InChI=1S/C19H28N2O4/c1-20-8-3-6-19(18(23)24)7-9-21(14-17(19)20)13-15-4-2-5-16(12-15)25-11-10-22/h2,4-5,12,17,22H,3,6-11,13-14H2,1H3,(H,23,24)/t17-,19-/m0/s1. The summed E-state index contributed by atoms with van der Waals surface area (Å²) in [4.78, 5) is 16.6. The van der Waals surface area contributed by atoms with Crippen LogP contribution < -0.4 is 4.74 Å². The Morgan fingerprint density at radius 2 is 2.20 bits per heavy atom. The molecule has 0 aromatic heterocycles. The number of nitrogens with zero attached hydrogens (tertiary/aromatic N) is 2. The van der Waals surface area contributed by atoms with Gasteiger partial charge < -0.3 is 19.8 Å². The number of hydrogen-bond donors (Lipinski definition) is 2. The molecule has 0 unspecified atom stereocenters. The predicted octanol–water partition coefficient (Wildman–Crippen LogP) is 1.43. The fourth-order valence-corrected chi connectivity index (χ4v) is 4.34. The van der Waals surface area contributed by atoms with Crippen LogP contribution in [0.3, 0.4) is 0 Å². The second-order valence-electron chi connectivity index (χ2n) is 7.27. The van der Waals surface area contributed by atoms with Gasteiger partial charge in [-0.1, -0.05) is 12.1 Å². The molecular weight excluding hydrogens is 320 g/mol. The molecule has 0 radical (unpaired) electrons. The highest BCUT2D eigenvalue weighted by Crippen LogP contribution is 2.42. The first-order valence-corrected chi connectivity index (χ1v) is 9.04. The molecule has 2 aliphatic heterocycles. The highest BCUT2D eigenvalue weighted by Gasteiger charge is 2.52. The topological polar surface area (TPSA) is 73.2 Å². The monoisotopic (exact) mass is 348 g/mol. The maximum atomic E-state index is 12.0. The van der Waals surface area contributed by atoms with Crippen LogP contribution in [0.1, 0.15) is 24.8 Å². The number of carboxylic acids is 1. The average Bonchev–Trinajstić information content (AvgIpc) is 2.61. The summed E-state index contributed by atoms with van der Waals surface area (Å²) >= 11 is 0. The third kappa shape index (κ3) is 3.81. The van der Waals surface area contributed by atoms with Gasteiger partial charge in [0.2, 0.25) is 0 Å². The summed E-state index contributed by atoms with van der Waals surface area (Å²) in [6.07, 6.45) is 2.46. The second-order valence-corrected chi connectivity index (χ2v) is 7.27. The lowest BCUT2D eigenvalue weighted by atomic mass is 9.68. The van der Waals surface area contributed by atoms with Crippen molar-refractivity contribution < 1.29 is 19.7 Å². The Balaban J connectivity index is 1.68. The lowest BCUT2D eigenvalue weighted by Gasteiger charge is -2.51. The van der Waals surface area contributed by atoms with E-state index in [-0.39, 0.29) is 12.6 Å². The zero-order valence-electron chi connectivity index (χ0n) is 14.9. The minimum Gasteiger partial charge on any atom is -0.491 e. The second kappa shape index (κ2) is 7.72. The lowest BCUT2D eigenvalue weighted by molar-refractivity contribution is -0.162. The van der Waals surface area contributed by atoms with Gasteiger partial charge in [0.05, 0.1) is 12.0 Å². The zero-order valence-corrected chi connectivity index (χ0v) is 14.9. The number of aliphatic hydroxyl groups excluding tert-OH is 1. The van der Waals surface area contributed by atoms with Crippen molar-refractivity contribution in [1.29, 1.82) is 0 Å². The maximum absolute atomic E-state index is 12.0. The molecule has 1 aromatic carbocycles. The van der Waals surface area contributed by atoms with E-state index in [4.69, 9.17) is 9.84 Å². The molecule has 6 nitrogen and oxygen atoms in total. The number of piperidine rings is 2. The molecule has 0 saturated carbocycles. The summed E-state index contributed by atoms with van der Waals surface area (Å²) in [5, 5.41) is 18.7. The van der Waals surface area contributed by atoms with E-state index in [0.29, 0.717) is 13.0 Å². The molecule has 2 heterocycles. The highest BCUT2D eigenvalue weighted by atomic mass is 16.5. The fraction of sp³-hybridized carbons (Fsp3) is 0.632. The lowest BCUT2D eigenvalue weighted by Crippen LogP contribution is -2.62. The molecule has 0 spiro atoms. The molecule has 0 bridgehead atoms. The van der Waals surface area contributed by atoms with E-state index in [1.807, 2.05) is 25.2 Å². The van der Waals surface area contributed by atoms with E-state index in [1.165, 1.54) is 0 Å². The molecular formula is C19H28N2O4. The van der Waals surface area contributed by atoms with Crippen LogP contribution in [-0.2, 0) is 11.3 Å². The summed E-state index contributed by atoms with van der Waals surface area (Å²) in [7, 11) is 2.05. The van der Waals surface area contributed by atoms with Gasteiger partial charge in [0.15, 0.2) is 0 Å². The average molecular weight is 348 g/mol. The van der Waals surface area contributed by atoms with Crippen molar-refractivity contribution in [2.45, 2.75) is 31.8 Å². The molecule has 6 heteroatoms. The SMILES string of the molecule is CN1CCC[C@]2(C(=O)O)CCN(Cc3cccc(OCCO)c3)C[C@H]12. The van der Waals surface area contributed by atoms with Gasteiger partial charge in [-0.15, -0.1) is 0 Å². The van der Waals surface area contributed by atoms with E-state index in [9.17, 15) is 9.90 Å². The normalized spacial score (nSPS) is 27.7. The number of fused-ring (bicyclic) bond motifs is 1. The minimum absolute atomic E-state index is 0.00163. The quantitative estimate of drug-likeness (QED) is 0.810. The third-order valence-corrected chi connectivity index (χ3v) is 5.70. The van der Waals surface area contributed by atoms with Gasteiger partial charge in [0, 0.05) is 19.1 Å². The molecule has 2 fully saturated rings. The number of carboxylic acid groups (broad SMARTS) is 1. The summed E-state index contributed by atoms with van der Waals surface area (Å²) in [5.74, 6) is 0.126. The molecule has 2 atom stereocenters. The van der Waals surface area contributed by atoms with Gasteiger partial charge >= 0.3 is 5.97 Å². The van der Waals surface area contributed by atoms with Crippen molar-refractivity contribution in [1.82, 2.24) is 9.80 Å². The van der Waals surface area contributed by atoms with E-state index >= 15 is 0 Å². The van der Waals surface area contributed by atoms with Gasteiger partial charge in [-0.25, -0.2) is 0 Å². The van der Waals surface area contributed by atoms with Crippen molar-refractivity contribution in [2.24, 2.45) is 5.41 Å². The minimum atomic E-state index is -0.636. The van der Waals surface area contributed by atoms with Crippen molar-refractivity contribution in [2.75, 3.05) is 39.9 Å². The number of carbonyl (C=O) groups is 1. The van der Waals surface area contributed by atoms with E-state index in [1.54, 1.807) is 0 Å². The number of ether oxygens (including phenoxy) is 1. The van der Waals surface area contributed by atoms with E-state index in [2.05, 4.69) is 15.9 Å². The molecule has 0 amide bonds. The van der Waals surface area contributed by atoms with Crippen LogP contribution >= 0.6 is 0 Å². The Labute approximate surface area is 149 Å². The van der Waals surface area contributed by atoms with Crippen LogP contribution in [0.2, 0.25) is 0 Å². The summed E-state index contributed by atoms with van der Waals surface area (Å²) < 4.78 is 5.48. The van der Waals surface area contributed by atoms with Crippen LogP contribution in [0.25, 0.3) is 0 Å². The van der Waals surface area contributed by atoms with Crippen molar-refractivity contribution in [3.8, 4) is 5.75 Å². The van der Waals surface area contributed by atoms with Crippen molar-refractivity contribution in [3.63, 3.8) is 0 Å². The van der Waals surface area contributed by atoms with Crippen molar-refractivity contribution in [3.05, 3.63) is 29.8 Å². The van der Waals surface area contributed by atoms with Gasteiger partial charge in [-0.05, 0) is 57.1 Å². The van der Waals surface area contributed by atoms with Crippen molar-refractivity contribution >= 4 is 5.97 Å². The van der Waals surface area contributed by atoms with Crippen LogP contribution in [0.4, 0.5) is 0 Å². The van der Waals surface area contributed by atoms with Crippen LogP contribution in [0.15, 0.2) is 24.3 Å². The van der Waals surface area contributed by atoms with Crippen LogP contribution in [0.5, 0.6) is 5.75 Å². The number of rotatable bonds is 6. The number of hydrogen-bond acceptors (Lipinski definition) is 5. The Morgan fingerprint density at radius 1 is 1.36 bits per heavy atom. The number of likely N-dealkylation sites (N-methyl/N-ethyl adjacent to an activating group) is 1. The number of aliphatic hydroxyl groups is 1. The Kier molecular flexibility index (Phi) is 5.61. The highest BCUT2D eigenvalue weighted by molar-refractivity contribution is 5.76. The molecule has 3 rings (SSSR count). The van der Waals surface area contributed by atoms with Gasteiger partial charge in [-0.3, -0.25) is 9.69 Å². The zero-order chi connectivity index (χ0) is 17.9. The van der Waals surface area contributed by atoms with E-state index < -0.39 is 11.4 Å². The number of likely N-dealkylation sites (tertiary alicyclic amines) is 2. The first-order valence-electron chi connectivity index (χ1n) is 9.04. The Morgan fingerprint density at radius 3 is 2.96 bits per heavy atom. The number of aliphatic carboxylic acids is 1. The smallest absolute Gasteiger partial charge is 0.311 e. The molecule has 138 valence electrons. The molecule has 2 saturated heterocycles. The van der Waals surface area contributed by atoms with E-state index in [0.717, 1.165) is 50.3 Å². The van der Waals surface area contributed by atoms with Crippen LogP contribution in [0, 0.1) is 5.41 Å². The maximum Gasteiger partial charge on any atom is 0.311 e. The summed E-state index contributed by atoms with van der Waals surface area (Å²) in [5.41, 5.74) is 0.562. The first-order chi connectivity index (χ1) is 12.0. The van der Waals surface area contributed by atoms with Gasteiger partial charge in [0.1, 0.15) is 12.4 Å². The van der Waals surface area contributed by atoms with Gasteiger partial charge in [-0.2, -0.15) is 0 Å². The molecule has 25 heavy (non-hydrogen) atoms. The van der Waals surface area contributed by atoms with Gasteiger partial charge in [0.25, 0.3) is 0 Å². The Hall–Kier alpha value is -1.63. The largest absolute Gasteiger partial charge is 0.491 e. The first kappa shape index (κ1) is 18.2. The predicted molar refractivity (Wildman–Crippen MR) is 94.6 cm³/mol. The summed E-state index contributed by atoms with van der Waals surface area (Å²) in [6.45, 7) is 3.64. The van der Waals surface area contributed by atoms with Crippen LogP contribution in [-0.4, -0.2) is 71.9 Å². The third-order valence-electron chi connectivity index (χ3n) is 5.70.